The van der Waals surface area contributed by atoms with Crippen LogP contribution in [-0.2, 0) is 21.2 Å². The van der Waals surface area contributed by atoms with Crippen molar-refractivity contribution in [2.24, 2.45) is 0 Å². The molecule has 0 aliphatic heterocycles. The van der Waals surface area contributed by atoms with Crippen molar-refractivity contribution in [2.75, 3.05) is 11.3 Å². The van der Waals surface area contributed by atoms with Crippen LogP contribution < -0.4 is 10.0 Å². The third kappa shape index (κ3) is 5.91. The molecule has 2 aromatic carbocycles. The lowest BCUT2D eigenvalue weighted by molar-refractivity contribution is -0.138. The second-order valence-corrected chi connectivity index (χ2v) is 7.04. The number of halogens is 5. The molecule has 0 spiro atoms. The van der Waals surface area contributed by atoms with Crippen molar-refractivity contribution in [3.8, 4) is 0 Å². The largest absolute Gasteiger partial charge is 0.405 e. The maximum atomic E-state index is 13.6. The molecule has 0 saturated carbocycles. The van der Waals surface area contributed by atoms with E-state index in [9.17, 15) is 35.2 Å². The Labute approximate surface area is 151 Å². The lowest BCUT2D eigenvalue weighted by atomic mass is 10.1. The fraction of sp³-hybridized carbons (Fsp3) is 0.188. The first-order chi connectivity index (χ1) is 12.5. The Morgan fingerprint density at radius 1 is 0.963 bits per heavy atom. The summed E-state index contributed by atoms with van der Waals surface area (Å²) in [5, 5.41) is 1.70. The number of carbonyl (C=O) groups excluding carboxylic acids is 1. The number of anilines is 1. The zero-order valence-corrected chi connectivity index (χ0v) is 14.3. The first-order valence-corrected chi connectivity index (χ1v) is 8.85. The van der Waals surface area contributed by atoms with Crippen LogP contribution in [0.5, 0.6) is 0 Å². The molecule has 2 N–H and O–H groups in total. The van der Waals surface area contributed by atoms with E-state index >= 15 is 0 Å². The Bertz CT molecular complexity index is 908. The molecular formula is C16H13F5N2O3S. The van der Waals surface area contributed by atoms with Gasteiger partial charge in [0.2, 0.25) is 5.91 Å². The van der Waals surface area contributed by atoms with Crippen molar-refractivity contribution in [2.45, 2.75) is 17.5 Å². The predicted octanol–water partition coefficient (Wildman–Crippen LogP) is 2.99. The van der Waals surface area contributed by atoms with Crippen molar-refractivity contribution < 1.29 is 35.2 Å². The number of amides is 1. The van der Waals surface area contributed by atoms with Crippen LogP contribution in [0.2, 0.25) is 0 Å². The molecule has 0 unspecified atom stereocenters. The maximum Gasteiger partial charge on any atom is 0.405 e. The first-order valence-electron chi connectivity index (χ1n) is 7.37. The van der Waals surface area contributed by atoms with E-state index in [4.69, 9.17) is 0 Å². The van der Waals surface area contributed by atoms with Crippen LogP contribution in [0.4, 0.5) is 27.6 Å². The monoisotopic (exact) mass is 408 g/mol. The molecule has 1 amide bonds. The smallest absolute Gasteiger partial charge is 0.347 e. The van der Waals surface area contributed by atoms with E-state index in [1.54, 1.807) is 5.32 Å². The van der Waals surface area contributed by atoms with Gasteiger partial charge in [-0.2, -0.15) is 13.2 Å². The Kier molecular flexibility index (Phi) is 6.04. The van der Waals surface area contributed by atoms with Gasteiger partial charge in [0.1, 0.15) is 18.2 Å². The number of sulfonamides is 1. The van der Waals surface area contributed by atoms with Gasteiger partial charge in [-0.1, -0.05) is 18.2 Å². The van der Waals surface area contributed by atoms with Gasteiger partial charge in [0.05, 0.1) is 6.42 Å². The number of alkyl halides is 3. The fourth-order valence-corrected chi connectivity index (χ4v) is 3.28. The summed E-state index contributed by atoms with van der Waals surface area (Å²) in [7, 11) is -4.54. The molecule has 2 aromatic rings. The molecule has 0 aliphatic carbocycles. The summed E-state index contributed by atoms with van der Waals surface area (Å²) in [5.74, 6) is -3.39. The van der Waals surface area contributed by atoms with Gasteiger partial charge in [-0.05, 0) is 29.8 Å². The third-order valence-corrected chi connectivity index (χ3v) is 4.68. The van der Waals surface area contributed by atoms with Crippen LogP contribution in [0, 0.1) is 11.6 Å². The minimum Gasteiger partial charge on any atom is -0.347 e. The normalized spacial score (nSPS) is 11.9. The van der Waals surface area contributed by atoms with E-state index in [0.29, 0.717) is 5.56 Å². The Morgan fingerprint density at radius 3 is 2.04 bits per heavy atom. The number of hydrogen-bond donors (Lipinski definition) is 2. The van der Waals surface area contributed by atoms with Crippen LogP contribution in [0.15, 0.2) is 47.4 Å². The first kappa shape index (κ1) is 20.6. The quantitative estimate of drug-likeness (QED) is 0.722. The topological polar surface area (TPSA) is 75.3 Å². The molecule has 2 rings (SSSR count). The van der Waals surface area contributed by atoms with Gasteiger partial charge in [-0.3, -0.25) is 9.52 Å². The Morgan fingerprint density at radius 2 is 1.52 bits per heavy atom. The summed E-state index contributed by atoms with van der Waals surface area (Å²) in [5.41, 5.74) is 0.270. The van der Waals surface area contributed by atoms with E-state index in [-0.39, 0.29) is 12.1 Å². The highest BCUT2D eigenvalue weighted by Crippen LogP contribution is 2.22. The van der Waals surface area contributed by atoms with E-state index in [0.717, 1.165) is 18.2 Å². The Hall–Kier alpha value is -2.69. The Balaban J connectivity index is 2.06. The summed E-state index contributed by atoms with van der Waals surface area (Å²) < 4.78 is 89.6. The molecule has 0 heterocycles. The summed E-state index contributed by atoms with van der Waals surface area (Å²) in [6.45, 7) is -1.46. The van der Waals surface area contributed by atoms with Crippen molar-refractivity contribution in [3.05, 3.63) is 59.7 Å². The molecule has 27 heavy (non-hydrogen) atoms. The molecule has 0 aromatic heterocycles. The molecule has 0 radical (unpaired) electrons. The average Bonchev–Trinajstić information content (AvgIpc) is 2.53. The molecule has 146 valence electrons. The summed E-state index contributed by atoms with van der Waals surface area (Å²) in [6, 6.07) is 7.61. The second-order valence-electron chi connectivity index (χ2n) is 5.42. The maximum absolute atomic E-state index is 13.6. The van der Waals surface area contributed by atoms with Crippen molar-refractivity contribution in [1.82, 2.24) is 5.32 Å². The summed E-state index contributed by atoms with van der Waals surface area (Å²) in [6.07, 6.45) is -4.88. The molecular weight excluding hydrogens is 395 g/mol. The molecule has 0 saturated heterocycles. The molecule has 0 bridgehead atoms. The minimum atomic E-state index is -4.54. The van der Waals surface area contributed by atoms with Gasteiger partial charge >= 0.3 is 6.18 Å². The van der Waals surface area contributed by atoms with Gasteiger partial charge in [0.25, 0.3) is 10.0 Å². The average molecular weight is 408 g/mol. The number of rotatable bonds is 6. The van der Waals surface area contributed by atoms with Gasteiger partial charge in [-0.15, -0.1) is 0 Å². The lowest BCUT2D eigenvalue weighted by Crippen LogP contribution is -2.34. The van der Waals surface area contributed by atoms with E-state index in [2.05, 4.69) is 0 Å². The van der Waals surface area contributed by atoms with Crippen molar-refractivity contribution in [3.63, 3.8) is 0 Å². The number of hydrogen-bond acceptors (Lipinski definition) is 3. The minimum absolute atomic E-state index is 0.0443. The van der Waals surface area contributed by atoms with Crippen LogP contribution in [0.25, 0.3) is 0 Å². The van der Waals surface area contributed by atoms with E-state index in [1.165, 1.54) is 24.3 Å². The zero-order valence-electron chi connectivity index (χ0n) is 13.5. The van der Waals surface area contributed by atoms with E-state index < -0.39 is 45.2 Å². The zero-order chi connectivity index (χ0) is 20.2. The number of carbonyl (C=O) groups is 1. The lowest BCUT2D eigenvalue weighted by Gasteiger charge is -2.11. The molecule has 0 fully saturated rings. The number of benzene rings is 2. The predicted molar refractivity (Wildman–Crippen MR) is 86.4 cm³/mol. The van der Waals surface area contributed by atoms with Crippen molar-refractivity contribution in [1.29, 1.82) is 0 Å². The van der Waals surface area contributed by atoms with Gasteiger partial charge < -0.3 is 5.32 Å². The highest BCUT2D eigenvalue weighted by Gasteiger charge is 2.27. The standard InChI is InChI=1S/C16H13F5N2O3S/c17-12-2-1-3-13(18)15(12)27(25,26)23-11-6-4-10(5-7-11)8-14(24)22-9-16(19,20)21/h1-7,23H,8-9H2,(H,22,24). The second kappa shape index (κ2) is 7.91. The van der Waals surface area contributed by atoms with E-state index in [1.807, 2.05) is 4.72 Å². The SMILES string of the molecule is O=C(Cc1ccc(NS(=O)(=O)c2c(F)cccc2F)cc1)NCC(F)(F)F. The molecule has 0 atom stereocenters. The van der Waals surface area contributed by atoms with Crippen LogP contribution in [0.3, 0.4) is 0 Å². The number of nitrogens with one attached hydrogen (secondary N) is 2. The highest BCUT2D eigenvalue weighted by atomic mass is 32.2. The van der Waals surface area contributed by atoms with Crippen LogP contribution in [0.1, 0.15) is 5.56 Å². The van der Waals surface area contributed by atoms with Crippen LogP contribution in [-0.4, -0.2) is 27.0 Å². The molecule has 11 heteroatoms. The summed E-state index contributed by atoms with van der Waals surface area (Å²) in [4.78, 5) is 10.3. The molecule has 5 nitrogen and oxygen atoms in total. The molecule has 0 aliphatic rings. The van der Waals surface area contributed by atoms with Gasteiger partial charge in [0.15, 0.2) is 4.90 Å². The third-order valence-electron chi connectivity index (χ3n) is 3.24. The summed E-state index contributed by atoms with van der Waals surface area (Å²) >= 11 is 0. The van der Waals surface area contributed by atoms with Gasteiger partial charge in [0, 0.05) is 5.69 Å². The van der Waals surface area contributed by atoms with Crippen LogP contribution >= 0.6 is 0 Å². The van der Waals surface area contributed by atoms with Gasteiger partial charge in [-0.25, -0.2) is 17.2 Å². The fourth-order valence-electron chi connectivity index (χ4n) is 2.08. The highest BCUT2D eigenvalue weighted by molar-refractivity contribution is 7.92. The van der Waals surface area contributed by atoms with Crippen molar-refractivity contribution >= 4 is 21.6 Å².